The van der Waals surface area contributed by atoms with Gasteiger partial charge < -0.3 is 35.0 Å². The molecule has 11 heteroatoms. The number of hydrogen-bond donors (Lipinski definition) is 5. The van der Waals surface area contributed by atoms with Crippen LogP contribution in [0.1, 0.15) is 18.3 Å². The second-order valence-electron chi connectivity index (χ2n) is 6.36. The Balaban J connectivity index is 1.54. The smallest absolute Gasteiger partial charge is 0.222 e. The lowest BCUT2D eigenvalue weighted by Gasteiger charge is -2.39. The summed E-state index contributed by atoms with van der Waals surface area (Å²) >= 11 is 0. The minimum Gasteiger partial charge on any atom is -0.394 e. The first kappa shape index (κ1) is 19.5. The fourth-order valence-corrected chi connectivity index (χ4v) is 2.85. The second kappa shape index (κ2) is 8.59. The van der Waals surface area contributed by atoms with Crippen molar-refractivity contribution in [3.05, 3.63) is 36.4 Å². The Labute approximate surface area is 154 Å². The van der Waals surface area contributed by atoms with E-state index in [9.17, 15) is 25.2 Å². The van der Waals surface area contributed by atoms with Gasteiger partial charge in [0.2, 0.25) is 5.91 Å². The Bertz CT molecular complexity index is 734. The molecular formula is C16H23N5O6. The highest BCUT2D eigenvalue weighted by molar-refractivity contribution is 5.75. The van der Waals surface area contributed by atoms with Crippen LogP contribution in [0.4, 0.5) is 0 Å². The molecule has 148 valence electrons. The number of hydrogen-bond acceptors (Lipinski definition) is 8. The van der Waals surface area contributed by atoms with E-state index >= 15 is 0 Å². The fourth-order valence-electron chi connectivity index (χ4n) is 2.85. The Hall–Kier alpha value is -2.31. The zero-order valence-electron chi connectivity index (χ0n) is 14.5. The number of nitrogens with one attached hydrogen (secondary N) is 1. The summed E-state index contributed by atoms with van der Waals surface area (Å²) in [6, 6.07) is 3.77. The summed E-state index contributed by atoms with van der Waals surface area (Å²) in [5.74, 6) is -0.147. The number of aryl methyl sites for hydroxylation is 1. The first-order valence-electron chi connectivity index (χ1n) is 8.58. The largest absolute Gasteiger partial charge is 0.394 e. The number of aliphatic hydroxyl groups excluding tert-OH is 4. The van der Waals surface area contributed by atoms with Gasteiger partial charge in [0.15, 0.2) is 6.23 Å². The van der Waals surface area contributed by atoms with E-state index in [1.807, 2.05) is 29.1 Å². The van der Waals surface area contributed by atoms with Crippen LogP contribution >= 0.6 is 0 Å². The van der Waals surface area contributed by atoms with Gasteiger partial charge >= 0.3 is 0 Å². The van der Waals surface area contributed by atoms with E-state index in [0.717, 1.165) is 0 Å². The van der Waals surface area contributed by atoms with Gasteiger partial charge in [-0.05, 0) is 12.1 Å². The van der Waals surface area contributed by atoms with Gasteiger partial charge in [-0.2, -0.15) is 0 Å². The van der Waals surface area contributed by atoms with E-state index in [4.69, 9.17) is 4.74 Å². The van der Waals surface area contributed by atoms with Crippen LogP contribution in [-0.4, -0.2) is 76.9 Å². The Morgan fingerprint density at radius 1 is 1.19 bits per heavy atom. The molecule has 0 bridgehead atoms. The first-order valence-corrected chi connectivity index (χ1v) is 8.58. The van der Waals surface area contributed by atoms with Gasteiger partial charge in [0.25, 0.3) is 0 Å². The number of nitrogens with zero attached hydrogens (tertiary/aromatic N) is 4. The molecule has 0 unspecified atom stereocenters. The summed E-state index contributed by atoms with van der Waals surface area (Å²) in [5, 5.41) is 49.4. The zero-order valence-corrected chi connectivity index (χ0v) is 14.5. The van der Waals surface area contributed by atoms with Crippen LogP contribution in [0.3, 0.4) is 0 Å². The summed E-state index contributed by atoms with van der Waals surface area (Å²) < 4.78 is 8.48. The lowest BCUT2D eigenvalue weighted by Crippen LogP contribution is -2.56. The lowest BCUT2D eigenvalue weighted by atomic mass is 9.98. The summed E-state index contributed by atoms with van der Waals surface area (Å²) in [6.07, 6.45) is -1.02. The molecule has 0 radical (unpaired) electrons. The fraction of sp³-hybridized carbons (Fsp3) is 0.562. The van der Waals surface area contributed by atoms with Crippen molar-refractivity contribution >= 4 is 5.91 Å². The summed E-state index contributed by atoms with van der Waals surface area (Å²) in [5.41, 5.74) is 0.432. The first-order chi connectivity index (χ1) is 13.0. The third-order valence-electron chi connectivity index (χ3n) is 4.42. The molecule has 2 aromatic rings. The average Bonchev–Trinajstić information content (AvgIpc) is 3.35. The Morgan fingerprint density at radius 2 is 1.93 bits per heavy atom. The van der Waals surface area contributed by atoms with Crippen molar-refractivity contribution in [3.63, 3.8) is 0 Å². The molecular weight excluding hydrogens is 358 g/mol. The van der Waals surface area contributed by atoms with Crippen molar-refractivity contribution in [2.24, 2.45) is 0 Å². The van der Waals surface area contributed by atoms with Crippen LogP contribution in [0.5, 0.6) is 0 Å². The van der Waals surface area contributed by atoms with Gasteiger partial charge in [0.05, 0.1) is 19.3 Å². The van der Waals surface area contributed by atoms with E-state index < -0.39 is 37.3 Å². The number of aliphatic hydroxyl groups is 4. The maximum atomic E-state index is 11.9. The molecule has 0 spiro atoms. The summed E-state index contributed by atoms with van der Waals surface area (Å²) in [4.78, 5) is 11.9. The molecule has 3 heterocycles. The molecule has 1 aliphatic heterocycles. The van der Waals surface area contributed by atoms with Crippen LogP contribution in [-0.2, 0) is 22.6 Å². The van der Waals surface area contributed by atoms with E-state index in [-0.39, 0.29) is 12.5 Å². The van der Waals surface area contributed by atoms with Gasteiger partial charge in [-0.15, -0.1) is 5.10 Å². The zero-order chi connectivity index (χ0) is 19.4. The molecule has 1 amide bonds. The monoisotopic (exact) mass is 381 g/mol. The van der Waals surface area contributed by atoms with Crippen LogP contribution in [0.15, 0.2) is 30.7 Å². The molecule has 0 aliphatic carbocycles. The lowest BCUT2D eigenvalue weighted by molar-refractivity contribution is -0.254. The quantitative estimate of drug-likeness (QED) is 0.361. The van der Waals surface area contributed by atoms with Gasteiger partial charge in [0.1, 0.15) is 30.1 Å². The van der Waals surface area contributed by atoms with Crippen molar-refractivity contribution in [2.45, 2.75) is 50.2 Å². The van der Waals surface area contributed by atoms with Gasteiger partial charge in [-0.1, -0.05) is 5.21 Å². The highest BCUT2D eigenvalue weighted by atomic mass is 16.6. The predicted octanol–water partition coefficient (Wildman–Crippen LogP) is -2.24. The molecule has 0 saturated carbocycles. The highest BCUT2D eigenvalue weighted by Crippen LogP contribution is 2.27. The predicted molar refractivity (Wildman–Crippen MR) is 89.9 cm³/mol. The number of carbonyl (C=O) groups is 1. The average molecular weight is 381 g/mol. The molecule has 1 saturated heterocycles. The third-order valence-corrected chi connectivity index (χ3v) is 4.42. The van der Waals surface area contributed by atoms with E-state index in [1.165, 1.54) is 10.9 Å². The summed E-state index contributed by atoms with van der Waals surface area (Å²) in [7, 11) is 0. The molecule has 5 atom stereocenters. The normalized spacial score (nSPS) is 28.2. The van der Waals surface area contributed by atoms with E-state index in [1.54, 1.807) is 0 Å². The molecule has 27 heavy (non-hydrogen) atoms. The number of carbonyl (C=O) groups excluding carboxylic acids is 1. The SMILES string of the molecule is O=C(CCn1cccc1)NCc1cn([C@@H]2O[C@H](CO)[C@H](O)[C@H](O)[C@H]2O)nn1. The third kappa shape index (κ3) is 4.51. The second-order valence-corrected chi connectivity index (χ2v) is 6.36. The van der Waals surface area contributed by atoms with Crippen molar-refractivity contribution in [1.82, 2.24) is 24.9 Å². The van der Waals surface area contributed by atoms with Crippen molar-refractivity contribution in [3.8, 4) is 0 Å². The number of amides is 1. The van der Waals surface area contributed by atoms with Gasteiger partial charge in [0, 0.05) is 25.4 Å². The van der Waals surface area contributed by atoms with Crippen molar-refractivity contribution in [2.75, 3.05) is 6.61 Å². The van der Waals surface area contributed by atoms with Crippen molar-refractivity contribution in [1.29, 1.82) is 0 Å². The van der Waals surface area contributed by atoms with Crippen LogP contribution in [0, 0.1) is 0 Å². The van der Waals surface area contributed by atoms with Gasteiger partial charge in [-0.3, -0.25) is 4.79 Å². The summed E-state index contributed by atoms with van der Waals surface area (Å²) in [6.45, 7) is 0.179. The molecule has 3 rings (SSSR count). The Kier molecular flexibility index (Phi) is 6.19. The van der Waals surface area contributed by atoms with E-state index in [2.05, 4.69) is 15.6 Å². The minimum atomic E-state index is -1.50. The molecule has 1 fully saturated rings. The standard InChI is InChI=1S/C16H23N5O6/c22-9-11-13(24)14(25)15(26)16(27-11)21-8-10(18-19-21)7-17-12(23)3-6-20-4-1-2-5-20/h1-2,4-5,8,11,13-16,22,24-26H,3,6-7,9H2,(H,17,23)/t11-,13+,14+,15-,16-/m1/s1. The molecule has 5 N–H and O–H groups in total. The maximum absolute atomic E-state index is 11.9. The molecule has 0 aromatic carbocycles. The topological polar surface area (TPSA) is 155 Å². The molecule has 2 aromatic heterocycles. The van der Waals surface area contributed by atoms with Gasteiger partial charge in [-0.25, -0.2) is 4.68 Å². The number of aromatic nitrogens is 4. The van der Waals surface area contributed by atoms with Crippen molar-refractivity contribution < 1.29 is 30.0 Å². The molecule has 1 aliphatic rings. The van der Waals surface area contributed by atoms with E-state index in [0.29, 0.717) is 18.7 Å². The Morgan fingerprint density at radius 3 is 2.63 bits per heavy atom. The number of ether oxygens (including phenoxy) is 1. The maximum Gasteiger partial charge on any atom is 0.222 e. The van der Waals surface area contributed by atoms with Crippen LogP contribution in [0.2, 0.25) is 0 Å². The number of rotatable bonds is 7. The van der Waals surface area contributed by atoms with Crippen LogP contribution in [0.25, 0.3) is 0 Å². The van der Waals surface area contributed by atoms with Crippen LogP contribution < -0.4 is 5.32 Å². The highest BCUT2D eigenvalue weighted by Gasteiger charge is 2.44. The minimum absolute atomic E-state index is 0.141. The molecule has 11 nitrogen and oxygen atoms in total.